The zero-order valence-corrected chi connectivity index (χ0v) is 19.6. The SMILES string of the molecule is CO[C@H]1CC[C@@H](C(=O)N(C)c2ccc3cc(-c4n[nH]c5c4CCC(C)(C)C5)[nH]c3c2)CC1. The summed E-state index contributed by atoms with van der Waals surface area (Å²) < 4.78 is 5.45. The molecule has 0 atom stereocenters. The monoisotopic (exact) mass is 434 g/mol. The highest BCUT2D eigenvalue weighted by atomic mass is 16.5. The van der Waals surface area contributed by atoms with Gasteiger partial charge in [0.05, 0.1) is 11.8 Å². The minimum Gasteiger partial charge on any atom is -0.381 e. The molecule has 0 radical (unpaired) electrons. The molecule has 2 aromatic heterocycles. The standard InChI is InChI=1S/C26H34N4O2/c1-26(2)12-11-20-23(15-26)28-29-24(20)22-13-17-5-8-18(14-21(17)27-22)30(3)25(31)16-6-9-19(32-4)10-7-16/h5,8,13-14,16,19,27H,6-7,9-12,15H2,1-4H3,(H,28,29)/t16-,19+. The number of carbonyl (C=O) groups excluding carboxylic acids is 1. The molecule has 1 saturated carbocycles. The summed E-state index contributed by atoms with van der Waals surface area (Å²) in [6, 6.07) is 8.39. The predicted octanol–water partition coefficient (Wildman–Crippen LogP) is 5.24. The summed E-state index contributed by atoms with van der Waals surface area (Å²) in [6.45, 7) is 4.64. The molecule has 1 fully saturated rings. The Morgan fingerprint density at radius 3 is 2.72 bits per heavy atom. The summed E-state index contributed by atoms with van der Waals surface area (Å²) in [5.74, 6) is 0.288. The Bertz CT molecular complexity index is 1130. The number of anilines is 1. The highest BCUT2D eigenvalue weighted by molar-refractivity contribution is 5.97. The third-order valence-electron chi connectivity index (χ3n) is 7.60. The van der Waals surface area contributed by atoms with Crippen LogP contribution in [0.3, 0.4) is 0 Å². The van der Waals surface area contributed by atoms with E-state index in [1.165, 1.54) is 17.7 Å². The minimum atomic E-state index is 0.0844. The molecule has 0 spiro atoms. The molecule has 1 amide bonds. The molecule has 2 heterocycles. The van der Waals surface area contributed by atoms with Crippen molar-refractivity contribution in [1.82, 2.24) is 15.2 Å². The van der Waals surface area contributed by atoms with Gasteiger partial charge in [-0.1, -0.05) is 19.9 Å². The molecule has 3 aromatic rings. The lowest BCUT2D eigenvalue weighted by Crippen LogP contribution is -2.36. The Morgan fingerprint density at radius 2 is 1.97 bits per heavy atom. The van der Waals surface area contributed by atoms with Gasteiger partial charge in [-0.3, -0.25) is 9.89 Å². The average molecular weight is 435 g/mol. The number of aromatic nitrogens is 3. The largest absolute Gasteiger partial charge is 0.381 e. The summed E-state index contributed by atoms with van der Waals surface area (Å²) in [6.07, 6.45) is 7.30. The second-order valence-electron chi connectivity index (χ2n) is 10.4. The fourth-order valence-corrected chi connectivity index (χ4v) is 5.47. The smallest absolute Gasteiger partial charge is 0.229 e. The molecule has 0 saturated heterocycles. The van der Waals surface area contributed by atoms with Crippen molar-refractivity contribution >= 4 is 22.5 Å². The lowest BCUT2D eigenvalue weighted by molar-refractivity contribution is -0.123. The van der Waals surface area contributed by atoms with E-state index in [2.05, 4.69) is 47.2 Å². The minimum absolute atomic E-state index is 0.0844. The first-order valence-electron chi connectivity index (χ1n) is 11.8. The first-order chi connectivity index (χ1) is 15.3. The zero-order valence-electron chi connectivity index (χ0n) is 19.6. The first-order valence-corrected chi connectivity index (χ1v) is 11.8. The number of hydrogen-bond donors (Lipinski definition) is 2. The number of carbonyl (C=O) groups is 1. The lowest BCUT2D eigenvalue weighted by Gasteiger charge is -2.30. The van der Waals surface area contributed by atoms with Crippen LogP contribution < -0.4 is 4.90 Å². The summed E-state index contributed by atoms with van der Waals surface area (Å²) in [7, 11) is 3.65. The summed E-state index contributed by atoms with van der Waals surface area (Å²) in [4.78, 5) is 18.5. The van der Waals surface area contributed by atoms with E-state index in [0.717, 1.165) is 66.5 Å². The average Bonchev–Trinajstić information content (AvgIpc) is 3.40. The van der Waals surface area contributed by atoms with Crippen molar-refractivity contribution in [1.29, 1.82) is 0 Å². The van der Waals surface area contributed by atoms with Gasteiger partial charge < -0.3 is 14.6 Å². The Morgan fingerprint density at radius 1 is 1.19 bits per heavy atom. The number of hydrogen-bond acceptors (Lipinski definition) is 3. The number of aromatic amines is 2. The van der Waals surface area contributed by atoms with Crippen LogP contribution in [0.5, 0.6) is 0 Å². The van der Waals surface area contributed by atoms with Gasteiger partial charge in [-0.2, -0.15) is 5.10 Å². The fraction of sp³-hybridized carbons (Fsp3) is 0.538. The van der Waals surface area contributed by atoms with Crippen molar-refractivity contribution in [3.63, 3.8) is 0 Å². The van der Waals surface area contributed by atoms with Gasteiger partial charge in [-0.25, -0.2) is 0 Å². The molecule has 2 N–H and O–H groups in total. The number of nitrogens with one attached hydrogen (secondary N) is 2. The number of amides is 1. The molecular weight excluding hydrogens is 400 g/mol. The van der Waals surface area contributed by atoms with Crippen LogP contribution in [0.4, 0.5) is 5.69 Å². The maximum absolute atomic E-state index is 13.1. The van der Waals surface area contributed by atoms with Crippen LogP contribution in [0, 0.1) is 11.3 Å². The Kier molecular flexibility index (Phi) is 5.36. The second-order valence-corrected chi connectivity index (χ2v) is 10.4. The summed E-state index contributed by atoms with van der Waals surface area (Å²) in [5, 5.41) is 9.08. The normalized spacial score (nSPS) is 22.6. The molecular formula is C26H34N4O2. The van der Waals surface area contributed by atoms with E-state index in [0.29, 0.717) is 11.5 Å². The number of H-pyrrole nitrogens is 2. The van der Waals surface area contributed by atoms with E-state index >= 15 is 0 Å². The van der Waals surface area contributed by atoms with Crippen LogP contribution in [0.1, 0.15) is 57.2 Å². The Balaban J connectivity index is 1.37. The third kappa shape index (κ3) is 3.85. The summed E-state index contributed by atoms with van der Waals surface area (Å²) in [5.41, 5.74) is 6.98. The molecule has 2 aliphatic rings. The van der Waals surface area contributed by atoms with E-state index in [4.69, 9.17) is 4.74 Å². The fourth-order valence-electron chi connectivity index (χ4n) is 5.47. The number of fused-ring (bicyclic) bond motifs is 2. The molecule has 0 unspecified atom stereocenters. The van der Waals surface area contributed by atoms with Gasteiger partial charge in [0.25, 0.3) is 0 Å². The van der Waals surface area contributed by atoms with Gasteiger partial charge in [-0.15, -0.1) is 0 Å². The van der Waals surface area contributed by atoms with Crippen molar-refractivity contribution in [3.8, 4) is 11.4 Å². The quantitative estimate of drug-likeness (QED) is 0.590. The van der Waals surface area contributed by atoms with Crippen molar-refractivity contribution in [2.24, 2.45) is 11.3 Å². The number of nitrogens with zero attached hydrogens (tertiary/aromatic N) is 2. The van der Waals surface area contributed by atoms with E-state index in [-0.39, 0.29) is 11.8 Å². The van der Waals surface area contributed by atoms with Crippen molar-refractivity contribution in [2.75, 3.05) is 19.1 Å². The van der Waals surface area contributed by atoms with Crippen LogP contribution in [-0.4, -0.2) is 41.3 Å². The van der Waals surface area contributed by atoms with Gasteiger partial charge in [0.2, 0.25) is 5.91 Å². The molecule has 1 aromatic carbocycles. The third-order valence-corrected chi connectivity index (χ3v) is 7.60. The second kappa shape index (κ2) is 8.07. The van der Waals surface area contributed by atoms with Gasteiger partial charge in [0.15, 0.2) is 0 Å². The van der Waals surface area contributed by atoms with Crippen molar-refractivity contribution in [3.05, 3.63) is 35.5 Å². The van der Waals surface area contributed by atoms with Gasteiger partial charge in [0, 0.05) is 47.9 Å². The number of benzene rings is 1. The van der Waals surface area contributed by atoms with Crippen molar-refractivity contribution < 1.29 is 9.53 Å². The maximum Gasteiger partial charge on any atom is 0.229 e. The molecule has 32 heavy (non-hydrogen) atoms. The van der Waals surface area contributed by atoms with E-state index in [1.54, 1.807) is 7.11 Å². The molecule has 2 aliphatic carbocycles. The maximum atomic E-state index is 13.1. The zero-order chi connectivity index (χ0) is 22.5. The number of methoxy groups -OCH3 is 1. The van der Waals surface area contributed by atoms with E-state index < -0.39 is 0 Å². The predicted molar refractivity (Wildman–Crippen MR) is 128 cm³/mol. The van der Waals surface area contributed by atoms with Crippen LogP contribution in [0.25, 0.3) is 22.3 Å². The Hall–Kier alpha value is -2.60. The van der Waals surface area contributed by atoms with Crippen LogP contribution >= 0.6 is 0 Å². The van der Waals surface area contributed by atoms with E-state index in [1.807, 2.05) is 18.0 Å². The van der Waals surface area contributed by atoms with Crippen LogP contribution in [0.2, 0.25) is 0 Å². The Labute approximate surface area is 189 Å². The molecule has 6 nitrogen and oxygen atoms in total. The molecule has 5 rings (SSSR count). The van der Waals surface area contributed by atoms with Crippen molar-refractivity contribution in [2.45, 2.75) is 64.9 Å². The van der Waals surface area contributed by atoms with Crippen LogP contribution in [-0.2, 0) is 22.4 Å². The van der Waals surface area contributed by atoms with Gasteiger partial charge in [-0.05, 0) is 68.6 Å². The number of ether oxygens (including phenoxy) is 1. The highest BCUT2D eigenvalue weighted by Crippen LogP contribution is 2.38. The van der Waals surface area contributed by atoms with E-state index in [9.17, 15) is 4.79 Å². The van der Waals surface area contributed by atoms with Gasteiger partial charge >= 0.3 is 0 Å². The number of rotatable bonds is 4. The molecule has 0 aliphatic heterocycles. The molecule has 6 heteroatoms. The van der Waals surface area contributed by atoms with Gasteiger partial charge in [0.1, 0.15) is 5.69 Å². The molecule has 170 valence electrons. The molecule has 0 bridgehead atoms. The first kappa shape index (κ1) is 21.3. The van der Waals surface area contributed by atoms with Crippen LogP contribution in [0.15, 0.2) is 24.3 Å². The summed E-state index contributed by atoms with van der Waals surface area (Å²) >= 11 is 0. The highest BCUT2D eigenvalue weighted by Gasteiger charge is 2.30. The lowest BCUT2D eigenvalue weighted by atomic mass is 9.76. The topological polar surface area (TPSA) is 74.0 Å².